The number of benzene rings is 1. The first-order valence-corrected chi connectivity index (χ1v) is 5.59. The number of hydrogen-bond acceptors (Lipinski definition) is 2. The summed E-state index contributed by atoms with van der Waals surface area (Å²) in [7, 11) is 1.54. The third-order valence-corrected chi connectivity index (χ3v) is 2.75. The Morgan fingerprint density at radius 3 is 2.82 bits per heavy atom. The van der Waals surface area contributed by atoms with Crippen LogP contribution in [-0.4, -0.2) is 18.2 Å². The molecule has 1 aromatic carbocycles. The van der Waals surface area contributed by atoms with Crippen LogP contribution in [0.1, 0.15) is 37.7 Å². The first-order chi connectivity index (χ1) is 8.04. The van der Waals surface area contributed by atoms with Crippen molar-refractivity contribution in [3.63, 3.8) is 0 Å². The van der Waals surface area contributed by atoms with E-state index in [0.717, 1.165) is 5.56 Å². The Labute approximate surface area is 100 Å². The van der Waals surface area contributed by atoms with Crippen LogP contribution in [0.2, 0.25) is 0 Å². The summed E-state index contributed by atoms with van der Waals surface area (Å²) in [6, 6.07) is 4.40. The summed E-state index contributed by atoms with van der Waals surface area (Å²) >= 11 is 0. The molecule has 94 valence electrons. The smallest absolute Gasteiger partial charge is 0.303 e. The van der Waals surface area contributed by atoms with Crippen molar-refractivity contribution in [1.82, 2.24) is 0 Å². The van der Waals surface area contributed by atoms with Gasteiger partial charge in [-0.15, -0.1) is 0 Å². The summed E-state index contributed by atoms with van der Waals surface area (Å²) < 4.78 is 18.3. The highest BCUT2D eigenvalue weighted by Gasteiger charge is 2.13. The van der Waals surface area contributed by atoms with Crippen molar-refractivity contribution in [2.24, 2.45) is 0 Å². The first kappa shape index (κ1) is 13.5. The van der Waals surface area contributed by atoms with Crippen LogP contribution in [0, 0.1) is 5.82 Å². The van der Waals surface area contributed by atoms with Crippen LogP contribution in [-0.2, 0) is 4.79 Å². The third-order valence-electron chi connectivity index (χ3n) is 2.75. The van der Waals surface area contributed by atoms with E-state index < -0.39 is 5.97 Å². The Morgan fingerprint density at radius 2 is 2.24 bits per heavy atom. The molecule has 0 saturated heterocycles. The number of rotatable bonds is 6. The van der Waals surface area contributed by atoms with Crippen molar-refractivity contribution in [1.29, 1.82) is 0 Å². The Kier molecular flexibility index (Phi) is 4.94. The molecule has 1 unspecified atom stereocenters. The number of aliphatic carboxylic acids is 1. The average Bonchev–Trinajstić information content (AvgIpc) is 2.28. The van der Waals surface area contributed by atoms with Gasteiger partial charge in [-0.25, -0.2) is 4.39 Å². The van der Waals surface area contributed by atoms with E-state index in [2.05, 4.69) is 0 Å². The number of carbonyl (C=O) groups is 1. The number of hydrogen-bond donors (Lipinski definition) is 1. The quantitative estimate of drug-likeness (QED) is 0.830. The molecule has 1 aromatic rings. The van der Waals surface area contributed by atoms with Crippen molar-refractivity contribution in [3.05, 3.63) is 29.6 Å². The van der Waals surface area contributed by atoms with Crippen LogP contribution in [0.5, 0.6) is 5.75 Å². The molecule has 0 spiro atoms. The van der Waals surface area contributed by atoms with E-state index >= 15 is 0 Å². The summed E-state index contributed by atoms with van der Waals surface area (Å²) in [5, 5.41) is 8.56. The second kappa shape index (κ2) is 6.23. The minimum atomic E-state index is -0.802. The lowest BCUT2D eigenvalue weighted by molar-refractivity contribution is -0.137. The maximum atomic E-state index is 13.1. The van der Waals surface area contributed by atoms with Crippen LogP contribution in [0.15, 0.2) is 18.2 Å². The molecule has 0 fully saturated rings. The van der Waals surface area contributed by atoms with Gasteiger partial charge in [-0.3, -0.25) is 4.79 Å². The summed E-state index contributed by atoms with van der Waals surface area (Å²) in [5.74, 6) is -0.372. The maximum absolute atomic E-state index is 13.1. The molecule has 17 heavy (non-hydrogen) atoms. The molecule has 1 atom stereocenters. The van der Waals surface area contributed by atoms with Crippen molar-refractivity contribution >= 4 is 5.97 Å². The highest BCUT2D eigenvalue weighted by Crippen LogP contribution is 2.30. The second-order valence-electron chi connectivity index (χ2n) is 4.07. The molecule has 0 saturated carbocycles. The third kappa shape index (κ3) is 4.06. The Morgan fingerprint density at radius 1 is 1.53 bits per heavy atom. The number of halogens is 1. The summed E-state index contributed by atoms with van der Waals surface area (Å²) in [6.07, 6.45) is 1.42. The van der Waals surface area contributed by atoms with E-state index in [4.69, 9.17) is 9.84 Å². The monoisotopic (exact) mass is 240 g/mol. The molecule has 0 bridgehead atoms. The van der Waals surface area contributed by atoms with Gasteiger partial charge in [-0.2, -0.15) is 0 Å². The minimum absolute atomic E-state index is 0.0833. The molecule has 1 N–H and O–H groups in total. The van der Waals surface area contributed by atoms with Crippen molar-refractivity contribution in [2.45, 2.75) is 32.1 Å². The standard InChI is InChI=1S/C13H17FO3/c1-9(4-3-5-13(15)16)11-8-10(14)6-7-12(11)17-2/h6-9H,3-5H2,1-2H3,(H,15,16). The van der Waals surface area contributed by atoms with Crippen molar-refractivity contribution < 1.29 is 19.0 Å². The molecule has 0 amide bonds. The van der Waals surface area contributed by atoms with Crippen LogP contribution in [0.25, 0.3) is 0 Å². The molecule has 4 heteroatoms. The fourth-order valence-corrected chi connectivity index (χ4v) is 1.81. The molecule has 3 nitrogen and oxygen atoms in total. The normalized spacial score (nSPS) is 12.2. The van der Waals surface area contributed by atoms with Crippen LogP contribution >= 0.6 is 0 Å². The largest absolute Gasteiger partial charge is 0.496 e. The number of carboxylic acid groups (broad SMARTS) is 1. The van der Waals surface area contributed by atoms with E-state index in [-0.39, 0.29) is 18.2 Å². The molecular formula is C13H17FO3. The lowest BCUT2D eigenvalue weighted by atomic mass is 9.94. The molecule has 0 aliphatic carbocycles. The van der Waals surface area contributed by atoms with Gasteiger partial charge in [0.05, 0.1) is 7.11 Å². The van der Waals surface area contributed by atoms with E-state index in [1.165, 1.54) is 12.1 Å². The fraction of sp³-hybridized carbons (Fsp3) is 0.462. The SMILES string of the molecule is COc1ccc(F)cc1C(C)CCCC(=O)O. The van der Waals surface area contributed by atoms with E-state index in [0.29, 0.717) is 18.6 Å². The van der Waals surface area contributed by atoms with Crippen LogP contribution < -0.4 is 4.74 Å². The van der Waals surface area contributed by atoms with Gasteiger partial charge in [0.25, 0.3) is 0 Å². The highest BCUT2D eigenvalue weighted by atomic mass is 19.1. The van der Waals surface area contributed by atoms with Gasteiger partial charge >= 0.3 is 5.97 Å². The lowest BCUT2D eigenvalue weighted by Gasteiger charge is -2.15. The predicted octanol–water partition coefficient (Wildman–Crippen LogP) is 3.19. The molecule has 0 radical (unpaired) electrons. The topological polar surface area (TPSA) is 46.5 Å². The molecule has 0 aliphatic rings. The van der Waals surface area contributed by atoms with E-state index in [9.17, 15) is 9.18 Å². The molecule has 1 rings (SSSR count). The molecule has 0 aromatic heterocycles. The van der Waals surface area contributed by atoms with Gasteiger partial charge in [0.2, 0.25) is 0 Å². The van der Waals surface area contributed by atoms with Gasteiger partial charge in [0.1, 0.15) is 11.6 Å². The molecule has 0 aliphatic heterocycles. The number of carboxylic acids is 1. The highest BCUT2D eigenvalue weighted by molar-refractivity contribution is 5.66. The van der Waals surface area contributed by atoms with Crippen molar-refractivity contribution in [3.8, 4) is 5.75 Å². The van der Waals surface area contributed by atoms with Gasteiger partial charge in [-0.05, 0) is 42.5 Å². The average molecular weight is 240 g/mol. The Hall–Kier alpha value is -1.58. The van der Waals surface area contributed by atoms with Crippen LogP contribution in [0.3, 0.4) is 0 Å². The van der Waals surface area contributed by atoms with E-state index in [1.807, 2.05) is 6.92 Å². The Bertz CT molecular complexity index is 390. The van der Waals surface area contributed by atoms with Crippen molar-refractivity contribution in [2.75, 3.05) is 7.11 Å². The fourth-order valence-electron chi connectivity index (χ4n) is 1.81. The summed E-state index contributed by atoms with van der Waals surface area (Å²) in [5.41, 5.74) is 0.790. The van der Waals surface area contributed by atoms with Gasteiger partial charge < -0.3 is 9.84 Å². The predicted molar refractivity (Wildman–Crippen MR) is 62.9 cm³/mol. The number of methoxy groups -OCH3 is 1. The lowest BCUT2D eigenvalue weighted by Crippen LogP contribution is -2.01. The zero-order valence-electron chi connectivity index (χ0n) is 10.1. The molecule has 0 heterocycles. The van der Waals surface area contributed by atoms with Gasteiger partial charge in [0, 0.05) is 6.42 Å². The number of ether oxygens (including phenoxy) is 1. The minimum Gasteiger partial charge on any atom is -0.496 e. The Balaban J connectivity index is 2.69. The zero-order valence-corrected chi connectivity index (χ0v) is 10.1. The second-order valence-corrected chi connectivity index (χ2v) is 4.07. The maximum Gasteiger partial charge on any atom is 0.303 e. The van der Waals surface area contributed by atoms with E-state index in [1.54, 1.807) is 13.2 Å². The first-order valence-electron chi connectivity index (χ1n) is 5.59. The van der Waals surface area contributed by atoms with Crippen LogP contribution in [0.4, 0.5) is 4.39 Å². The van der Waals surface area contributed by atoms with Gasteiger partial charge in [-0.1, -0.05) is 6.92 Å². The zero-order chi connectivity index (χ0) is 12.8. The molecular weight excluding hydrogens is 223 g/mol. The summed E-state index contributed by atoms with van der Waals surface area (Å²) in [4.78, 5) is 10.4. The van der Waals surface area contributed by atoms with Gasteiger partial charge in [0.15, 0.2) is 0 Å². The summed E-state index contributed by atoms with van der Waals surface area (Å²) in [6.45, 7) is 1.94.